The van der Waals surface area contributed by atoms with Crippen molar-refractivity contribution in [3.05, 3.63) is 56.9 Å². The number of esters is 1. The van der Waals surface area contributed by atoms with Crippen molar-refractivity contribution >= 4 is 40.9 Å². The molecule has 0 saturated heterocycles. The summed E-state index contributed by atoms with van der Waals surface area (Å²) in [6.07, 6.45) is 1.63. The highest BCUT2D eigenvalue weighted by Crippen LogP contribution is 2.27. The molecule has 1 aliphatic rings. The Morgan fingerprint density at radius 1 is 1.38 bits per heavy atom. The molecule has 2 aromatic rings. The molecule has 1 aromatic carbocycles. The number of hydrogen-bond acceptors (Lipinski definition) is 5. The second-order valence-electron chi connectivity index (χ2n) is 4.21. The maximum Gasteiger partial charge on any atom is 0.363 e. The normalized spacial score (nSPS) is 16.0. The molecule has 0 saturated carbocycles. The van der Waals surface area contributed by atoms with E-state index in [-0.39, 0.29) is 5.70 Å². The summed E-state index contributed by atoms with van der Waals surface area (Å²) in [6.45, 7) is 0. The van der Waals surface area contributed by atoms with Gasteiger partial charge in [0.2, 0.25) is 5.90 Å². The number of halogens is 1. The Hall–Kier alpha value is -2.11. The van der Waals surface area contributed by atoms with Crippen LogP contribution in [0.2, 0.25) is 5.02 Å². The molecule has 6 heteroatoms. The van der Waals surface area contributed by atoms with E-state index in [1.54, 1.807) is 31.4 Å². The molecule has 21 heavy (non-hydrogen) atoms. The van der Waals surface area contributed by atoms with E-state index < -0.39 is 5.97 Å². The van der Waals surface area contributed by atoms with E-state index in [0.29, 0.717) is 16.7 Å². The Balaban J connectivity index is 1.92. The van der Waals surface area contributed by atoms with Gasteiger partial charge in [0.25, 0.3) is 0 Å². The predicted molar refractivity (Wildman–Crippen MR) is 82.9 cm³/mol. The van der Waals surface area contributed by atoms with Gasteiger partial charge in [0.1, 0.15) is 5.75 Å². The van der Waals surface area contributed by atoms with Crippen molar-refractivity contribution in [2.75, 3.05) is 7.11 Å². The van der Waals surface area contributed by atoms with Crippen molar-refractivity contribution in [1.82, 2.24) is 0 Å². The fourth-order valence-electron chi connectivity index (χ4n) is 1.85. The topological polar surface area (TPSA) is 47.9 Å². The Kier molecular flexibility index (Phi) is 3.77. The van der Waals surface area contributed by atoms with E-state index in [1.165, 1.54) is 11.3 Å². The summed E-state index contributed by atoms with van der Waals surface area (Å²) in [5.41, 5.74) is 1.00. The molecule has 0 unspecified atom stereocenters. The van der Waals surface area contributed by atoms with Gasteiger partial charge in [-0.1, -0.05) is 23.7 Å². The minimum atomic E-state index is -0.467. The zero-order valence-electron chi connectivity index (χ0n) is 11.0. The highest BCUT2D eigenvalue weighted by Gasteiger charge is 2.24. The van der Waals surface area contributed by atoms with Crippen molar-refractivity contribution in [2.24, 2.45) is 4.99 Å². The zero-order chi connectivity index (χ0) is 14.8. The minimum absolute atomic E-state index is 0.250. The van der Waals surface area contributed by atoms with Gasteiger partial charge in [0.05, 0.1) is 17.0 Å². The number of nitrogens with zero attached hydrogens (tertiary/aromatic N) is 1. The van der Waals surface area contributed by atoms with E-state index in [9.17, 15) is 4.79 Å². The van der Waals surface area contributed by atoms with Crippen LogP contribution in [0.1, 0.15) is 10.4 Å². The fraction of sp³-hybridized carbons (Fsp3) is 0.0667. The van der Waals surface area contributed by atoms with Gasteiger partial charge in [0.15, 0.2) is 5.70 Å². The largest absolute Gasteiger partial charge is 0.495 e. The Morgan fingerprint density at radius 3 is 2.90 bits per heavy atom. The van der Waals surface area contributed by atoms with Crippen LogP contribution in [0, 0.1) is 0 Å². The van der Waals surface area contributed by atoms with Gasteiger partial charge in [0, 0.05) is 0 Å². The Bertz CT molecular complexity index is 750. The molecule has 4 nitrogen and oxygen atoms in total. The number of cyclic esters (lactones) is 1. The molecule has 0 fully saturated rings. The molecule has 0 atom stereocenters. The number of carbonyl (C=O) groups is 1. The summed E-state index contributed by atoms with van der Waals surface area (Å²) < 4.78 is 10.2. The van der Waals surface area contributed by atoms with Gasteiger partial charge in [-0.25, -0.2) is 9.79 Å². The maximum atomic E-state index is 11.8. The van der Waals surface area contributed by atoms with Gasteiger partial charge in [-0.15, -0.1) is 11.3 Å². The molecule has 2 heterocycles. The molecule has 0 amide bonds. The third kappa shape index (κ3) is 2.84. The molecular weight excluding hydrogens is 310 g/mol. The van der Waals surface area contributed by atoms with Crippen LogP contribution in [0.15, 0.2) is 46.4 Å². The van der Waals surface area contributed by atoms with Crippen molar-refractivity contribution in [3.63, 3.8) is 0 Å². The van der Waals surface area contributed by atoms with Crippen molar-refractivity contribution in [1.29, 1.82) is 0 Å². The van der Waals surface area contributed by atoms with E-state index >= 15 is 0 Å². The van der Waals surface area contributed by atoms with Crippen LogP contribution in [0.25, 0.3) is 6.08 Å². The van der Waals surface area contributed by atoms with Crippen LogP contribution in [0.5, 0.6) is 5.75 Å². The first kappa shape index (κ1) is 13.9. The average molecular weight is 320 g/mol. The zero-order valence-corrected chi connectivity index (χ0v) is 12.6. The summed E-state index contributed by atoms with van der Waals surface area (Å²) in [4.78, 5) is 16.9. The number of ether oxygens (including phenoxy) is 2. The molecular formula is C15H10ClNO3S. The summed E-state index contributed by atoms with van der Waals surface area (Å²) >= 11 is 7.52. The lowest BCUT2D eigenvalue weighted by atomic mass is 10.2. The van der Waals surface area contributed by atoms with E-state index in [2.05, 4.69) is 4.99 Å². The van der Waals surface area contributed by atoms with E-state index in [0.717, 1.165) is 10.4 Å². The van der Waals surface area contributed by atoms with Crippen molar-refractivity contribution < 1.29 is 14.3 Å². The van der Waals surface area contributed by atoms with Crippen LogP contribution in [-0.2, 0) is 9.53 Å². The van der Waals surface area contributed by atoms with Gasteiger partial charge in [-0.3, -0.25) is 0 Å². The molecule has 106 valence electrons. The smallest absolute Gasteiger partial charge is 0.363 e. The van der Waals surface area contributed by atoms with Crippen molar-refractivity contribution in [3.8, 4) is 5.75 Å². The SMILES string of the molecule is COc1ccc(/C=C2/N=C(c3cccs3)OC2=O)cc1Cl. The monoisotopic (exact) mass is 319 g/mol. The minimum Gasteiger partial charge on any atom is -0.495 e. The van der Waals surface area contributed by atoms with E-state index in [1.807, 2.05) is 17.5 Å². The van der Waals surface area contributed by atoms with Gasteiger partial charge in [-0.2, -0.15) is 0 Å². The Labute approximate surface area is 130 Å². The standard InChI is InChI=1S/C15H10ClNO3S/c1-19-12-5-4-9(7-10(12)16)8-11-15(18)20-14(17-11)13-3-2-6-21-13/h2-8H,1H3/b11-8+. The number of benzene rings is 1. The van der Waals surface area contributed by atoms with Crippen LogP contribution < -0.4 is 4.74 Å². The highest BCUT2D eigenvalue weighted by atomic mass is 35.5. The van der Waals surface area contributed by atoms with Crippen LogP contribution >= 0.6 is 22.9 Å². The second-order valence-corrected chi connectivity index (χ2v) is 5.56. The fourth-order valence-corrected chi connectivity index (χ4v) is 2.76. The number of hydrogen-bond donors (Lipinski definition) is 0. The van der Waals surface area contributed by atoms with Gasteiger partial charge in [-0.05, 0) is 35.2 Å². The molecule has 0 bridgehead atoms. The lowest BCUT2D eigenvalue weighted by molar-refractivity contribution is -0.129. The number of carbonyl (C=O) groups excluding carboxylic acids is 1. The first-order valence-electron chi connectivity index (χ1n) is 6.07. The first-order valence-corrected chi connectivity index (χ1v) is 7.33. The number of thiophene rings is 1. The lowest BCUT2D eigenvalue weighted by Gasteiger charge is -2.03. The van der Waals surface area contributed by atoms with Crippen LogP contribution in [0.3, 0.4) is 0 Å². The highest BCUT2D eigenvalue weighted by molar-refractivity contribution is 7.12. The van der Waals surface area contributed by atoms with Gasteiger partial charge < -0.3 is 9.47 Å². The number of methoxy groups -OCH3 is 1. The van der Waals surface area contributed by atoms with Crippen LogP contribution in [0.4, 0.5) is 0 Å². The summed E-state index contributed by atoms with van der Waals surface area (Å²) in [5, 5.41) is 2.37. The third-order valence-electron chi connectivity index (χ3n) is 2.83. The Morgan fingerprint density at radius 2 is 2.24 bits per heavy atom. The molecule has 1 aromatic heterocycles. The molecule has 3 rings (SSSR count). The van der Waals surface area contributed by atoms with E-state index in [4.69, 9.17) is 21.1 Å². The second kappa shape index (κ2) is 5.71. The summed E-state index contributed by atoms with van der Waals surface area (Å²) in [5.74, 6) is 0.446. The number of aliphatic imine (C=N–C) groups is 1. The molecule has 0 aliphatic carbocycles. The average Bonchev–Trinajstić information content (AvgIpc) is 3.10. The quantitative estimate of drug-likeness (QED) is 0.639. The molecule has 0 spiro atoms. The predicted octanol–water partition coefficient (Wildman–Crippen LogP) is 3.75. The first-order chi connectivity index (χ1) is 10.2. The maximum absolute atomic E-state index is 11.8. The summed E-state index contributed by atoms with van der Waals surface area (Å²) in [7, 11) is 1.55. The number of rotatable bonds is 3. The van der Waals surface area contributed by atoms with Crippen molar-refractivity contribution in [2.45, 2.75) is 0 Å². The molecule has 0 radical (unpaired) electrons. The van der Waals surface area contributed by atoms with Crippen LogP contribution in [-0.4, -0.2) is 19.0 Å². The summed E-state index contributed by atoms with van der Waals surface area (Å²) in [6, 6.07) is 8.97. The molecule has 1 aliphatic heterocycles. The third-order valence-corrected chi connectivity index (χ3v) is 3.98. The lowest BCUT2D eigenvalue weighted by Crippen LogP contribution is -2.03. The molecule has 0 N–H and O–H groups in total. The van der Waals surface area contributed by atoms with Gasteiger partial charge >= 0.3 is 5.97 Å².